The van der Waals surface area contributed by atoms with Crippen molar-refractivity contribution in [2.75, 3.05) is 12.8 Å². The Morgan fingerprint density at radius 3 is 2.46 bits per heavy atom. The molecular weight excluding hydrogens is 376 g/mol. The highest BCUT2D eigenvalue weighted by Gasteiger charge is 2.34. The fourth-order valence-electron chi connectivity index (χ4n) is 4.19. The van der Waals surface area contributed by atoms with Gasteiger partial charge in [-0.1, -0.05) is 6.07 Å². The van der Waals surface area contributed by atoms with Crippen molar-refractivity contribution >= 4 is 22.7 Å². The van der Waals surface area contributed by atoms with Crippen LogP contribution in [0.1, 0.15) is 55.3 Å². The molecule has 1 aromatic rings. The molecule has 1 unspecified atom stereocenters. The van der Waals surface area contributed by atoms with E-state index in [2.05, 4.69) is 0 Å². The number of carbonyl (C=O) groups is 2. The first kappa shape index (κ1) is 21.0. The molecule has 2 atom stereocenters. The zero-order chi connectivity index (χ0) is 20.3. The van der Waals surface area contributed by atoms with Crippen molar-refractivity contribution in [2.45, 2.75) is 61.9 Å². The third kappa shape index (κ3) is 4.81. The summed E-state index contributed by atoms with van der Waals surface area (Å²) in [5.41, 5.74) is 6.45. The molecule has 28 heavy (non-hydrogen) atoms. The second-order valence-electron chi connectivity index (χ2n) is 8.19. The van der Waals surface area contributed by atoms with E-state index in [1.807, 2.05) is 11.9 Å². The molecule has 0 heterocycles. The molecule has 2 aliphatic rings. The average molecular weight is 407 g/mol. The number of likely N-dealkylation sites (N-methyl/N-ethyl adjacent to an activating group) is 1. The second-order valence-corrected chi connectivity index (χ2v) is 9.68. The predicted molar refractivity (Wildman–Crippen MR) is 109 cm³/mol. The molecule has 0 radical (unpaired) electrons. The summed E-state index contributed by atoms with van der Waals surface area (Å²) in [4.78, 5) is 26.1. The third-order valence-electron chi connectivity index (χ3n) is 6.39. The first-order chi connectivity index (χ1) is 13.4. The first-order valence-electron chi connectivity index (χ1n) is 10.1. The van der Waals surface area contributed by atoms with Crippen LogP contribution in [0.15, 0.2) is 29.2 Å². The Bertz CT molecular complexity index is 742. The summed E-state index contributed by atoms with van der Waals surface area (Å²) in [6, 6.07) is 6.28. The molecule has 7 heteroatoms. The molecule has 1 amide bonds. The zero-order valence-corrected chi connectivity index (χ0v) is 17.2. The lowest BCUT2D eigenvalue weighted by Gasteiger charge is -2.38. The molecule has 2 fully saturated rings. The van der Waals surface area contributed by atoms with Gasteiger partial charge in [0, 0.05) is 23.7 Å². The van der Waals surface area contributed by atoms with Gasteiger partial charge in [-0.25, -0.2) is 4.79 Å². The largest absolute Gasteiger partial charge is 0.478 e. The monoisotopic (exact) mass is 406 g/mol. The van der Waals surface area contributed by atoms with Crippen molar-refractivity contribution in [1.82, 2.24) is 4.90 Å². The van der Waals surface area contributed by atoms with Crippen molar-refractivity contribution in [2.24, 2.45) is 17.6 Å². The van der Waals surface area contributed by atoms with Gasteiger partial charge >= 0.3 is 5.97 Å². The van der Waals surface area contributed by atoms with Crippen LogP contribution in [-0.4, -0.2) is 51.0 Å². The number of nitrogens with zero attached hydrogens (tertiary/aromatic N) is 1. The van der Waals surface area contributed by atoms with Crippen LogP contribution in [0.4, 0.5) is 0 Å². The summed E-state index contributed by atoms with van der Waals surface area (Å²) in [5.74, 6) is 0.0837. The van der Waals surface area contributed by atoms with Gasteiger partial charge < -0.3 is 15.7 Å². The lowest BCUT2D eigenvalue weighted by Crippen LogP contribution is -2.52. The van der Waals surface area contributed by atoms with Crippen LogP contribution in [0.25, 0.3) is 0 Å². The van der Waals surface area contributed by atoms with Gasteiger partial charge in [0.2, 0.25) is 5.91 Å². The number of carboxylic acids is 1. The van der Waals surface area contributed by atoms with Gasteiger partial charge in [-0.2, -0.15) is 0 Å². The molecule has 154 valence electrons. The van der Waals surface area contributed by atoms with Crippen molar-refractivity contribution in [3.8, 4) is 0 Å². The van der Waals surface area contributed by atoms with E-state index in [0.717, 1.165) is 38.5 Å². The highest BCUT2D eigenvalue weighted by Crippen LogP contribution is 2.33. The standard InChI is InChI=1S/C21H30N2O4S/c1-23(17-5-3-6-17)20(24)19(22)15-10-8-14(9-11-15)13-28(27)18-7-2-4-16(12-18)21(25)26/h2,4,7,12,14-15,17,19H,3,5-6,8-11,13,22H2,1H3,(H,25,26)/t14?,15?,19-,28?/m0/s1. The highest BCUT2D eigenvalue weighted by atomic mass is 32.2. The molecule has 2 aliphatic carbocycles. The fourth-order valence-corrected chi connectivity index (χ4v) is 5.63. The summed E-state index contributed by atoms with van der Waals surface area (Å²) < 4.78 is 12.6. The van der Waals surface area contributed by atoms with Crippen molar-refractivity contribution in [1.29, 1.82) is 0 Å². The summed E-state index contributed by atoms with van der Waals surface area (Å²) in [6.45, 7) is 0. The SMILES string of the molecule is CN(C(=O)[C@@H](N)C1CCC(CS(=O)c2cccc(C(=O)O)c2)CC1)C1CCC1. The lowest BCUT2D eigenvalue weighted by molar-refractivity contribution is -0.136. The van der Waals surface area contributed by atoms with E-state index in [-0.39, 0.29) is 17.4 Å². The van der Waals surface area contributed by atoms with E-state index in [9.17, 15) is 13.8 Å². The van der Waals surface area contributed by atoms with E-state index in [1.54, 1.807) is 12.1 Å². The van der Waals surface area contributed by atoms with Gasteiger partial charge in [0.15, 0.2) is 0 Å². The number of rotatable bonds is 7. The molecule has 0 spiro atoms. The Hall–Kier alpha value is -1.73. The maximum atomic E-state index is 12.6. The van der Waals surface area contributed by atoms with Gasteiger partial charge in [-0.05, 0) is 75.0 Å². The van der Waals surface area contributed by atoms with Gasteiger partial charge in [-0.3, -0.25) is 9.00 Å². The van der Waals surface area contributed by atoms with Crippen LogP contribution in [0.5, 0.6) is 0 Å². The Balaban J connectivity index is 1.49. The first-order valence-corrected chi connectivity index (χ1v) is 11.4. The van der Waals surface area contributed by atoms with E-state index >= 15 is 0 Å². The minimum atomic E-state index is -1.22. The van der Waals surface area contributed by atoms with Crippen LogP contribution < -0.4 is 5.73 Å². The molecule has 0 saturated heterocycles. The number of hydrogen-bond donors (Lipinski definition) is 2. The van der Waals surface area contributed by atoms with Gasteiger partial charge in [0.1, 0.15) is 0 Å². The zero-order valence-electron chi connectivity index (χ0n) is 16.4. The molecule has 0 aromatic heterocycles. The van der Waals surface area contributed by atoms with Crippen molar-refractivity contribution < 1.29 is 18.9 Å². The maximum Gasteiger partial charge on any atom is 0.335 e. The Morgan fingerprint density at radius 2 is 1.89 bits per heavy atom. The summed E-state index contributed by atoms with van der Waals surface area (Å²) in [6.07, 6.45) is 6.92. The van der Waals surface area contributed by atoms with Gasteiger partial charge in [0.25, 0.3) is 0 Å². The number of nitrogens with two attached hydrogens (primary N) is 1. The molecule has 3 rings (SSSR count). The Morgan fingerprint density at radius 1 is 1.21 bits per heavy atom. The summed E-state index contributed by atoms with van der Waals surface area (Å²) >= 11 is 0. The summed E-state index contributed by atoms with van der Waals surface area (Å²) in [5, 5.41) is 9.09. The second kappa shape index (κ2) is 9.18. The van der Waals surface area contributed by atoms with Crippen molar-refractivity contribution in [3.05, 3.63) is 29.8 Å². The van der Waals surface area contributed by atoms with E-state index < -0.39 is 22.8 Å². The quantitative estimate of drug-likeness (QED) is 0.725. The fraction of sp³-hybridized carbons (Fsp3) is 0.619. The summed E-state index contributed by atoms with van der Waals surface area (Å²) in [7, 11) is 0.652. The maximum absolute atomic E-state index is 12.6. The normalized spacial score (nSPS) is 24.8. The van der Waals surface area contributed by atoms with E-state index in [1.165, 1.54) is 18.6 Å². The Kier molecular flexibility index (Phi) is 6.88. The average Bonchev–Trinajstić information content (AvgIpc) is 2.66. The molecule has 0 aliphatic heterocycles. The van der Waals surface area contributed by atoms with Crippen LogP contribution in [-0.2, 0) is 15.6 Å². The van der Waals surface area contributed by atoms with Crippen LogP contribution >= 0.6 is 0 Å². The molecule has 0 bridgehead atoms. The molecule has 3 N–H and O–H groups in total. The third-order valence-corrected chi connectivity index (χ3v) is 7.94. The number of hydrogen-bond acceptors (Lipinski definition) is 4. The molecular formula is C21H30N2O4S. The minimum absolute atomic E-state index is 0.0576. The van der Waals surface area contributed by atoms with Crippen LogP contribution in [0.3, 0.4) is 0 Å². The van der Waals surface area contributed by atoms with Crippen LogP contribution in [0.2, 0.25) is 0 Å². The predicted octanol–water partition coefficient (Wildman–Crippen LogP) is 2.64. The molecule has 1 aromatic carbocycles. The highest BCUT2D eigenvalue weighted by molar-refractivity contribution is 7.85. The van der Waals surface area contributed by atoms with Crippen LogP contribution in [0, 0.1) is 11.8 Å². The number of carbonyl (C=O) groups excluding carboxylic acids is 1. The minimum Gasteiger partial charge on any atom is -0.478 e. The number of aromatic carboxylic acids is 1. The number of carboxylic acid groups (broad SMARTS) is 1. The lowest BCUT2D eigenvalue weighted by atomic mass is 9.78. The Labute approximate surface area is 168 Å². The van der Waals surface area contributed by atoms with Crippen molar-refractivity contribution in [3.63, 3.8) is 0 Å². The van der Waals surface area contributed by atoms with E-state index in [0.29, 0.717) is 22.6 Å². The van der Waals surface area contributed by atoms with E-state index in [4.69, 9.17) is 10.8 Å². The van der Waals surface area contributed by atoms with Gasteiger partial charge in [-0.15, -0.1) is 0 Å². The number of amides is 1. The number of benzene rings is 1. The van der Waals surface area contributed by atoms with Gasteiger partial charge in [0.05, 0.1) is 22.4 Å². The molecule has 6 nitrogen and oxygen atoms in total. The molecule has 2 saturated carbocycles. The topological polar surface area (TPSA) is 101 Å². The smallest absolute Gasteiger partial charge is 0.335 e.